The predicted molar refractivity (Wildman–Crippen MR) is 147 cm³/mol. The van der Waals surface area contributed by atoms with Gasteiger partial charge in [0.15, 0.2) is 0 Å². The number of unbranched alkanes of at least 4 members (excludes halogenated alkanes) is 8. The number of nitrogens with one attached hydrogen (secondary N) is 1. The summed E-state index contributed by atoms with van der Waals surface area (Å²) in [6.45, 7) is 4.43. The summed E-state index contributed by atoms with van der Waals surface area (Å²) in [5.74, 6) is 0.935. The van der Waals surface area contributed by atoms with Gasteiger partial charge in [-0.05, 0) is 36.8 Å². The van der Waals surface area contributed by atoms with E-state index in [2.05, 4.69) is 24.1 Å². The number of benzene rings is 1. The van der Waals surface area contributed by atoms with E-state index in [0.717, 1.165) is 31.4 Å². The van der Waals surface area contributed by atoms with E-state index in [1.165, 1.54) is 52.1 Å². The largest absolute Gasteiger partial charge is 0.495 e. The van der Waals surface area contributed by atoms with Crippen LogP contribution in [0.5, 0.6) is 5.75 Å². The predicted octanol–water partition coefficient (Wildman–Crippen LogP) is 7.40. The molecule has 0 aliphatic heterocycles. The average Bonchev–Trinajstić information content (AvgIpc) is 2.88. The van der Waals surface area contributed by atoms with E-state index in [-0.39, 0.29) is 11.2 Å². The number of ether oxygens (including phenoxy) is 2. The third kappa shape index (κ3) is 9.02. The highest BCUT2D eigenvalue weighted by atomic mass is 32.2. The molecule has 194 valence electrons. The van der Waals surface area contributed by atoms with Crippen LogP contribution >= 0.6 is 11.8 Å². The third-order valence-electron chi connectivity index (χ3n) is 6.17. The molecule has 0 bridgehead atoms. The second-order valence-electron chi connectivity index (χ2n) is 8.85. The number of carbonyl (C=O) groups excluding carboxylic acids is 2. The lowest BCUT2D eigenvalue weighted by Gasteiger charge is -2.20. The van der Waals surface area contributed by atoms with E-state index in [9.17, 15) is 9.59 Å². The maximum atomic E-state index is 13.5. The number of aromatic nitrogens is 1. The highest BCUT2D eigenvalue weighted by molar-refractivity contribution is 8.00. The number of fused-ring (bicyclic) bond motifs is 1. The van der Waals surface area contributed by atoms with Gasteiger partial charge in [0.05, 0.1) is 36.2 Å². The smallest absolute Gasteiger partial charge is 0.338 e. The summed E-state index contributed by atoms with van der Waals surface area (Å²) in [7, 11) is 2.90. The second-order valence-corrected chi connectivity index (χ2v) is 10.2. The van der Waals surface area contributed by atoms with E-state index in [1.807, 2.05) is 0 Å². The molecule has 1 heterocycles. The molecule has 1 unspecified atom stereocenters. The summed E-state index contributed by atoms with van der Waals surface area (Å²) in [6.07, 6.45) is 14.3. The fourth-order valence-corrected chi connectivity index (χ4v) is 5.36. The molecule has 0 saturated carbocycles. The fraction of sp³-hybridized carbons (Fsp3) is 0.607. The highest BCUT2D eigenvalue weighted by Crippen LogP contribution is 2.36. The first-order chi connectivity index (χ1) is 17.1. The van der Waals surface area contributed by atoms with Crippen molar-refractivity contribution in [3.63, 3.8) is 0 Å². The van der Waals surface area contributed by atoms with Crippen LogP contribution in [-0.4, -0.2) is 42.1 Å². The Bertz CT molecular complexity index is 935. The lowest BCUT2D eigenvalue weighted by molar-refractivity contribution is -0.115. The van der Waals surface area contributed by atoms with Crippen molar-refractivity contribution in [1.29, 1.82) is 0 Å². The van der Waals surface area contributed by atoms with E-state index in [4.69, 9.17) is 9.47 Å². The van der Waals surface area contributed by atoms with E-state index >= 15 is 0 Å². The monoisotopic (exact) mass is 502 g/mol. The standard InChI is InChI=1S/C28H42N2O4S/c1-5-7-9-11-12-13-15-24(35-20-14-10-8-6-2)27(31)30-26-23(33-3)17-16-22-25(26)21(18-19-29-22)28(32)34-4/h16-19,24H,5-15,20H2,1-4H3,(H,30,31). The van der Waals surface area contributed by atoms with Gasteiger partial charge >= 0.3 is 5.97 Å². The third-order valence-corrected chi connectivity index (χ3v) is 7.55. The van der Waals surface area contributed by atoms with Crippen molar-refractivity contribution < 1.29 is 19.1 Å². The molecule has 2 aromatic rings. The molecule has 0 radical (unpaired) electrons. The average molecular weight is 503 g/mol. The van der Waals surface area contributed by atoms with Crippen molar-refractivity contribution in [3.05, 3.63) is 30.0 Å². The Morgan fingerprint density at radius 3 is 2.31 bits per heavy atom. The minimum atomic E-state index is -0.477. The van der Waals surface area contributed by atoms with Gasteiger partial charge in [0.2, 0.25) is 5.91 Å². The Morgan fingerprint density at radius 1 is 0.943 bits per heavy atom. The zero-order valence-electron chi connectivity index (χ0n) is 21.9. The van der Waals surface area contributed by atoms with Crippen LogP contribution in [0.4, 0.5) is 5.69 Å². The molecule has 2 rings (SSSR count). The number of hydrogen-bond acceptors (Lipinski definition) is 6. The van der Waals surface area contributed by atoms with Crippen molar-refractivity contribution in [2.75, 3.05) is 25.3 Å². The summed E-state index contributed by atoms with van der Waals surface area (Å²) in [6, 6.07) is 5.17. The quantitative estimate of drug-likeness (QED) is 0.179. The van der Waals surface area contributed by atoms with Gasteiger partial charge in [0.25, 0.3) is 0 Å². The lowest BCUT2D eigenvalue weighted by atomic mass is 10.1. The minimum Gasteiger partial charge on any atom is -0.495 e. The topological polar surface area (TPSA) is 77.5 Å². The van der Waals surface area contributed by atoms with E-state index in [1.54, 1.807) is 43.3 Å². The Kier molecular flexibility index (Phi) is 13.6. The molecule has 0 aliphatic rings. The Labute approximate surface area is 214 Å². The first-order valence-electron chi connectivity index (χ1n) is 13.0. The summed E-state index contributed by atoms with van der Waals surface area (Å²) < 4.78 is 10.5. The lowest BCUT2D eigenvalue weighted by Crippen LogP contribution is -2.26. The molecule has 0 spiro atoms. The number of esters is 1. The second kappa shape index (κ2) is 16.4. The van der Waals surface area contributed by atoms with Crippen molar-refractivity contribution in [1.82, 2.24) is 4.98 Å². The first-order valence-corrected chi connectivity index (χ1v) is 14.1. The Balaban J connectivity index is 2.23. The molecular formula is C28H42N2O4S. The summed E-state index contributed by atoms with van der Waals surface area (Å²) in [4.78, 5) is 30.4. The zero-order chi connectivity index (χ0) is 25.5. The normalized spacial score (nSPS) is 11.9. The van der Waals surface area contributed by atoms with Gasteiger partial charge in [-0.25, -0.2) is 4.79 Å². The van der Waals surface area contributed by atoms with Gasteiger partial charge in [-0.15, -0.1) is 11.8 Å². The van der Waals surface area contributed by atoms with Crippen LogP contribution in [0.3, 0.4) is 0 Å². The van der Waals surface area contributed by atoms with Crippen LogP contribution in [-0.2, 0) is 9.53 Å². The molecule has 35 heavy (non-hydrogen) atoms. The summed E-state index contributed by atoms with van der Waals surface area (Å²) in [5.41, 5.74) is 1.43. The van der Waals surface area contributed by atoms with Crippen LogP contribution in [0.2, 0.25) is 0 Å². The summed E-state index contributed by atoms with van der Waals surface area (Å²) >= 11 is 1.74. The zero-order valence-corrected chi connectivity index (χ0v) is 22.7. The number of anilines is 1. The first kappa shape index (κ1) is 29.0. The van der Waals surface area contributed by atoms with Crippen LogP contribution in [0.25, 0.3) is 10.9 Å². The molecule has 0 fully saturated rings. The number of hydrogen-bond donors (Lipinski definition) is 1. The van der Waals surface area contributed by atoms with Gasteiger partial charge in [-0.1, -0.05) is 71.6 Å². The number of thioether (sulfide) groups is 1. The number of rotatable bonds is 17. The van der Waals surface area contributed by atoms with Crippen LogP contribution in [0.15, 0.2) is 24.4 Å². The fourth-order valence-electron chi connectivity index (χ4n) is 4.16. The van der Waals surface area contributed by atoms with Gasteiger partial charge in [0, 0.05) is 11.6 Å². The molecular weight excluding hydrogens is 460 g/mol. The Hall–Kier alpha value is -2.28. The van der Waals surface area contributed by atoms with E-state index in [0.29, 0.717) is 27.9 Å². The van der Waals surface area contributed by atoms with Crippen molar-refractivity contribution in [2.45, 2.75) is 89.7 Å². The summed E-state index contributed by atoms with van der Waals surface area (Å²) in [5, 5.41) is 3.49. The van der Waals surface area contributed by atoms with Crippen molar-refractivity contribution >= 4 is 40.2 Å². The Morgan fingerprint density at radius 2 is 1.63 bits per heavy atom. The van der Waals surface area contributed by atoms with Gasteiger partial charge < -0.3 is 14.8 Å². The van der Waals surface area contributed by atoms with E-state index < -0.39 is 5.97 Å². The number of nitrogens with zero attached hydrogens (tertiary/aromatic N) is 1. The van der Waals surface area contributed by atoms with Gasteiger partial charge in [-0.2, -0.15) is 0 Å². The number of carbonyl (C=O) groups is 2. The molecule has 1 aromatic carbocycles. The maximum Gasteiger partial charge on any atom is 0.338 e. The number of pyridine rings is 1. The highest BCUT2D eigenvalue weighted by Gasteiger charge is 2.24. The molecule has 7 heteroatoms. The van der Waals surface area contributed by atoms with Crippen LogP contribution in [0, 0.1) is 0 Å². The van der Waals surface area contributed by atoms with Crippen molar-refractivity contribution in [3.8, 4) is 5.75 Å². The minimum absolute atomic E-state index is 0.0514. The molecule has 1 N–H and O–H groups in total. The maximum absolute atomic E-state index is 13.5. The molecule has 1 atom stereocenters. The van der Waals surface area contributed by atoms with Crippen molar-refractivity contribution in [2.24, 2.45) is 0 Å². The number of methoxy groups -OCH3 is 2. The van der Waals surface area contributed by atoms with Gasteiger partial charge in [0.1, 0.15) is 5.75 Å². The number of amides is 1. The SMILES string of the molecule is CCCCCCCCC(SCCCCCC)C(=O)Nc1c(OC)ccc2nccc(C(=O)OC)c12. The molecule has 1 amide bonds. The molecule has 0 aliphatic carbocycles. The van der Waals surface area contributed by atoms with Gasteiger partial charge in [-0.3, -0.25) is 9.78 Å². The molecule has 0 saturated heterocycles. The van der Waals surface area contributed by atoms with Crippen LogP contribution in [0.1, 0.15) is 94.8 Å². The molecule has 1 aromatic heterocycles. The van der Waals surface area contributed by atoms with Crippen LogP contribution < -0.4 is 10.1 Å². The molecule has 6 nitrogen and oxygen atoms in total.